The molecule has 7 atom stereocenters. The first-order valence-corrected chi connectivity index (χ1v) is 15.4. The fourth-order valence-corrected chi connectivity index (χ4v) is 8.60. The van der Waals surface area contributed by atoms with E-state index in [1.165, 1.54) is 6.20 Å². The van der Waals surface area contributed by atoms with E-state index in [2.05, 4.69) is 22.1 Å². The lowest BCUT2D eigenvalue weighted by Crippen LogP contribution is -2.46. The molecule has 4 aliphatic rings. The number of nitrogens with zero attached hydrogens (tertiary/aromatic N) is 4. The molecule has 1 aromatic carbocycles. The van der Waals surface area contributed by atoms with Gasteiger partial charge in [0.25, 0.3) is 5.92 Å². The number of piperidine rings is 3. The Kier molecular flexibility index (Phi) is 6.31. The van der Waals surface area contributed by atoms with Crippen LogP contribution >= 0.6 is 11.3 Å². The molecule has 11 heteroatoms. The number of hydrogen-bond donors (Lipinski definition) is 2. The number of carbonyl (C=O) groups is 2. The average Bonchev–Trinajstić information content (AvgIpc) is 3.28. The second-order valence-electron chi connectivity index (χ2n) is 12.3. The highest BCUT2D eigenvalue weighted by Crippen LogP contribution is 2.60. The number of likely N-dealkylation sites (tertiary alicyclic amines) is 1. The van der Waals surface area contributed by atoms with E-state index in [4.69, 9.17) is 10.7 Å². The minimum atomic E-state index is -2.55. The van der Waals surface area contributed by atoms with Crippen molar-refractivity contribution in [3.8, 4) is 0 Å². The smallest absolute Gasteiger partial charge is 0.313 e. The van der Waals surface area contributed by atoms with Gasteiger partial charge in [0.1, 0.15) is 5.82 Å². The lowest BCUT2D eigenvalue weighted by atomic mass is 9.87. The fraction of sp³-hybridized carbons (Fsp3) is 0.533. The maximum absolute atomic E-state index is 14.1. The van der Waals surface area contributed by atoms with Crippen LogP contribution in [0.2, 0.25) is 0 Å². The highest BCUT2D eigenvalue weighted by molar-refractivity contribution is 7.18. The van der Waals surface area contributed by atoms with Gasteiger partial charge < -0.3 is 16.0 Å². The molecule has 3 aromatic rings. The molecule has 2 amide bonds. The Balaban J connectivity index is 1.11. The van der Waals surface area contributed by atoms with Gasteiger partial charge in [0.15, 0.2) is 0 Å². The average molecular weight is 581 g/mol. The van der Waals surface area contributed by atoms with Gasteiger partial charge in [0, 0.05) is 43.4 Å². The second-order valence-corrected chi connectivity index (χ2v) is 13.3. The summed E-state index contributed by atoms with van der Waals surface area (Å²) in [6.45, 7) is 4.53. The van der Waals surface area contributed by atoms with Crippen molar-refractivity contribution in [1.29, 1.82) is 0 Å². The highest BCUT2D eigenvalue weighted by Gasteiger charge is 2.67. The number of aryl methyl sites for hydroxylation is 1. The number of benzene rings is 1. The minimum Gasteiger partial charge on any atom is -0.383 e. The standard InChI is InChI=1S/C30H34F2N6O2S/c1-3-16-8-18(13-34-26(16)33)35-27(39)29(40)37-14-15(2)4-6-22(37)17-5-7-24-21(9-17)36-28(41-24)20-10-19-11-30(31,32)12-23-25(20)38(19)23/h5,7-9,13,15,19-20,22-23,25H,3-4,6,10-12,14H2,1-2H3,(H2,33,34)(H,35,39)/t15-,19?,20?,22+,23?,25?,38?/m0/s1. The van der Waals surface area contributed by atoms with E-state index in [1.54, 1.807) is 22.3 Å². The number of nitrogens with two attached hydrogens (primary N) is 1. The number of fused-ring (bicyclic) bond motifs is 2. The van der Waals surface area contributed by atoms with E-state index in [1.807, 2.05) is 25.1 Å². The van der Waals surface area contributed by atoms with Crippen LogP contribution in [0.15, 0.2) is 30.5 Å². The van der Waals surface area contributed by atoms with Crippen LogP contribution in [0.3, 0.4) is 0 Å². The molecule has 4 saturated heterocycles. The summed E-state index contributed by atoms with van der Waals surface area (Å²) in [5, 5.41) is 3.74. The van der Waals surface area contributed by atoms with E-state index >= 15 is 0 Å². The molecule has 216 valence electrons. The Bertz CT molecular complexity index is 1540. The van der Waals surface area contributed by atoms with Crippen LogP contribution in [0.25, 0.3) is 10.2 Å². The monoisotopic (exact) mass is 580 g/mol. The Morgan fingerprint density at radius 1 is 1.22 bits per heavy atom. The lowest BCUT2D eigenvalue weighted by molar-refractivity contribution is -0.146. The van der Waals surface area contributed by atoms with E-state index in [0.29, 0.717) is 24.5 Å². The number of amides is 2. The van der Waals surface area contributed by atoms with Gasteiger partial charge in [-0.3, -0.25) is 14.5 Å². The van der Waals surface area contributed by atoms with Crippen LogP contribution in [0.4, 0.5) is 20.3 Å². The van der Waals surface area contributed by atoms with Gasteiger partial charge in [0.2, 0.25) is 0 Å². The molecule has 0 aliphatic carbocycles. The van der Waals surface area contributed by atoms with E-state index in [-0.39, 0.29) is 48.8 Å². The normalized spacial score (nSPS) is 31.6. The number of halogens is 2. The molecular formula is C30H34F2N6O2S. The summed E-state index contributed by atoms with van der Waals surface area (Å²) < 4.78 is 29.2. The summed E-state index contributed by atoms with van der Waals surface area (Å²) in [5.41, 5.74) is 8.97. The number of nitrogen functional groups attached to an aromatic ring is 1. The molecule has 6 heterocycles. The quantitative estimate of drug-likeness (QED) is 0.328. The first-order chi connectivity index (χ1) is 19.6. The predicted octanol–water partition coefficient (Wildman–Crippen LogP) is 5.11. The highest BCUT2D eigenvalue weighted by atomic mass is 32.1. The van der Waals surface area contributed by atoms with Crippen LogP contribution in [0.5, 0.6) is 0 Å². The van der Waals surface area contributed by atoms with Crippen molar-refractivity contribution in [2.75, 3.05) is 17.6 Å². The Hall–Kier alpha value is -3.18. The Morgan fingerprint density at radius 2 is 2.05 bits per heavy atom. The van der Waals surface area contributed by atoms with Crippen molar-refractivity contribution in [3.05, 3.63) is 46.6 Å². The molecular weight excluding hydrogens is 546 g/mol. The maximum Gasteiger partial charge on any atom is 0.313 e. The molecule has 4 fully saturated rings. The van der Waals surface area contributed by atoms with E-state index in [0.717, 1.165) is 45.6 Å². The number of pyridine rings is 1. The molecule has 0 bridgehead atoms. The topological polar surface area (TPSA) is 104 Å². The van der Waals surface area contributed by atoms with Gasteiger partial charge in [-0.05, 0) is 60.9 Å². The van der Waals surface area contributed by atoms with Crippen LogP contribution in [0, 0.1) is 5.92 Å². The zero-order valence-corrected chi connectivity index (χ0v) is 24.0. The van der Waals surface area contributed by atoms with Gasteiger partial charge >= 0.3 is 11.8 Å². The molecule has 41 heavy (non-hydrogen) atoms. The number of hydrogen-bond acceptors (Lipinski definition) is 7. The third-order valence-corrected chi connectivity index (χ3v) is 10.6. The van der Waals surface area contributed by atoms with Crippen LogP contribution in [-0.4, -0.2) is 62.2 Å². The van der Waals surface area contributed by atoms with Crippen LogP contribution < -0.4 is 11.1 Å². The van der Waals surface area contributed by atoms with Gasteiger partial charge in [-0.15, -0.1) is 11.3 Å². The molecule has 4 aliphatic heterocycles. The summed E-state index contributed by atoms with van der Waals surface area (Å²) in [6, 6.07) is 7.76. The van der Waals surface area contributed by atoms with Crippen molar-refractivity contribution in [2.24, 2.45) is 5.92 Å². The number of carbonyl (C=O) groups excluding carboxylic acids is 2. The van der Waals surface area contributed by atoms with Gasteiger partial charge in [-0.1, -0.05) is 19.9 Å². The second kappa shape index (κ2) is 9.69. The van der Waals surface area contributed by atoms with Crippen LogP contribution in [-0.2, 0) is 16.0 Å². The molecule has 3 N–H and O–H groups in total. The van der Waals surface area contributed by atoms with Crippen LogP contribution in [0.1, 0.15) is 74.0 Å². The summed E-state index contributed by atoms with van der Waals surface area (Å²) in [6.07, 6.45) is 4.50. The molecule has 2 aromatic heterocycles. The summed E-state index contributed by atoms with van der Waals surface area (Å²) in [5.74, 6) is -2.92. The zero-order chi connectivity index (χ0) is 28.6. The summed E-state index contributed by atoms with van der Waals surface area (Å²) >= 11 is 1.65. The summed E-state index contributed by atoms with van der Waals surface area (Å²) in [4.78, 5) is 39.6. The van der Waals surface area contributed by atoms with Crippen molar-refractivity contribution < 1.29 is 18.4 Å². The Labute approximate surface area is 241 Å². The first-order valence-electron chi connectivity index (χ1n) is 14.5. The lowest BCUT2D eigenvalue weighted by Gasteiger charge is -2.38. The predicted molar refractivity (Wildman–Crippen MR) is 154 cm³/mol. The Morgan fingerprint density at radius 3 is 2.83 bits per heavy atom. The van der Waals surface area contributed by atoms with Gasteiger partial charge in [0.05, 0.1) is 33.2 Å². The fourth-order valence-electron chi connectivity index (χ4n) is 7.50. The molecule has 7 rings (SSSR count). The summed E-state index contributed by atoms with van der Waals surface area (Å²) in [7, 11) is 0. The molecule has 0 radical (unpaired) electrons. The largest absolute Gasteiger partial charge is 0.383 e. The SMILES string of the molecule is CCc1cc(NC(=O)C(=O)N2C[C@@H](C)CC[C@@H]2c2ccc3sc(C4CC5CC(F)(F)CC6C4N56)nc3c2)cnc1N. The van der Waals surface area contributed by atoms with Crippen molar-refractivity contribution in [2.45, 2.75) is 88.4 Å². The zero-order valence-electron chi connectivity index (χ0n) is 23.1. The van der Waals surface area contributed by atoms with E-state index < -0.39 is 17.7 Å². The molecule has 5 unspecified atom stereocenters. The number of nitrogens with one attached hydrogen (secondary N) is 1. The molecule has 0 spiro atoms. The number of thiazole rings is 1. The minimum absolute atomic E-state index is 0.0161. The number of anilines is 2. The number of alkyl halides is 2. The molecule has 0 saturated carbocycles. The van der Waals surface area contributed by atoms with Gasteiger partial charge in [-0.25, -0.2) is 18.7 Å². The number of aromatic nitrogens is 2. The maximum atomic E-state index is 14.1. The molecule has 8 nitrogen and oxygen atoms in total. The van der Waals surface area contributed by atoms with Crippen molar-refractivity contribution in [3.63, 3.8) is 0 Å². The van der Waals surface area contributed by atoms with Crippen molar-refractivity contribution in [1.82, 2.24) is 19.8 Å². The first kappa shape index (κ1) is 26.7. The third kappa shape index (κ3) is 4.67. The number of rotatable bonds is 4. The van der Waals surface area contributed by atoms with E-state index in [9.17, 15) is 18.4 Å². The third-order valence-electron chi connectivity index (χ3n) is 9.48. The van der Waals surface area contributed by atoms with Crippen molar-refractivity contribution >= 4 is 44.9 Å². The van der Waals surface area contributed by atoms with Gasteiger partial charge in [-0.2, -0.15) is 0 Å².